The Morgan fingerprint density at radius 1 is 1.39 bits per heavy atom. The average molecular weight is 240 g/mol. The largest absolute Gasteiger partial charge is 0.0988 e. The molecule has 18 heavy (non-hydrogen) atoms. The van der Waals surface area contributed by atoms with Crippen molar-refractivity contribution >= 4 is 0 Å². The van der Waals surface area contributed by atoms with E-state index in [1.54, 1.807) is 11.1 Å². The highest BCUT2D eigenvalue weighted by Gasteiger charge is 2.31. The van der Waals surface area contributed by atoms with E-state index in [4.69, 9.17) is 0 Å². The van der Waals surface area contributed by atoms with Crippen molar-refractivity contribution in [3.8, 4) is 0 Å². The SMILES string of the molecule is C=C/C(C)=C(\C=C/C)C1=C(C2CC2)C(C)=CCC1. The van der Waals surface area contributed by atoms with E-state index in [9.17, 15) is 0 Å². The van der Waals surface area contributed by atoms with Crippen LogP contribution in [-0.2, 0) is 0 Å². The second kappa shape index (κ2) is 5.56. The van der Waals surface area contributed by atoms with E-state index >= 15 is 0 Å². The van der Waals surface area contributed by atoms with Crippen molar-refractivity contribution in [1.29, 1.82) is 0 Å². The maximum Gasteiger partial charge on any atom is -0.0156 e. The number of rotatable bonds is 4. The first-order chi connectivity index (χ1) is 8.69. The van der Waals surface area contributed by atoms with Gasteiger partial charge in [-0.2, -0.15) is 0 Å². The molecule has 0 spiro atoms. The third kappa shape index (κ3) is 2.58. The highest BCUT2D eigenvalue weighted by atomic mass is 14.4. The van der Waals surface area contributed by atoms with Crippen molar-refractivity contribution in [1.82, 2.24) is 0 Å². The highest BCUT2D eigenvalue weighted by molar-refractivity contribution is 5.55. The van der Waals surface area contributed by atoms with Gasteiger partial charge in [-0.05, 0) is 74.7 Å². The zero-order valence-corrected chi connectivity index (χ0v) is 11.9. The Morgan fingerprint density at radius 2 is 2.11 bits per heavy atom. The molecule has 0 heteroatoms. The normalized spacial score (nSPS) is 22.1. The molecule has 0 N–H and O–H groups in total. The van der Waals surface area contributed by atoms with Crippen LogP contribution in [0.15, 0.2) is 58.7 Å². The lowest BCUT2D eigenvalue weighted by molar-refractivity contribution is 0.871. The summed E-state index contributed by atoms with van der Waals surface area (Å²) in [6.45, 7) is 10.5. The summed E-state index contributed by atoms with van der Waals surface area (Å²) in [6.07, 6.45) is 13.9. The van der Waals surface area contributed by atoms with Crippen LogP contribution in [0.1, 0.15) is 46.5 Å². The van der Waals surface area contributed by atoms with Crippen LogP contribution < -0.4 is 0 Å². The van der Waals surface area contributed by atoms with Crippen LogP contribution in [0.25, 0.3) is 0 Å². The minimum absolute atomic E-state index is 0.828. The van der Waals surface area contributed by atoms with Crippen LogP contribution in [0, 0.1) is 5.92 Å². The monoisotopic (exact) mass is 240 g/mol. The van der Waals surface area contributed by atoms with Crippen molar-refractivity contribution in [3.05, 3.63) is 58.7 Å². The number of hydrogen-bond acceptors (Lipinski definition) is 0. The molecule has 2 rings (SSSR count). The molecule has 0 saturated heterocycles. The number of allylic oxidation sites excluding steroid dienone is 9. The molecule has 0 heterocycles. The molecule has 0 unspecified atom stereocenters. The lowest BCUT2D eigenvalue weighted by Crippen LogP contribution is -2.04. The summed E-state index contributed by atoms with van der Waals surface area (Å²) in [5, 5.41) is 0. The number of hydrogen-bond donors (Lipinski definition) is 0. The topological polar surface area (TPSA) is 0 Å². The Kier molecular flexibility index (Phi) is 4.06. The van der Waals surface area contributed by atoms with Crippen molar-refractivity contribution < 1.29 is 0 Å². The smallest absolute Gasteiger partial charge is 0.0156 e. The average Bonchev–Trinajstić information content (AvgIpc) is 3.19. The molecule has 2 aliphatic carbocycles. The Hall–Kier alpha value is -1.30. The van der Waals surface area contributed by atoms with Gasteiger partial charge in [-0.15, -0.1) is 0 Å². The predicted molar refractivity (Wildman–Crippen MR) is 80.5 cm³/mol. The molecule has 1 fully saturated rings. The van der Waals surface area contributed by atoms with E-state index in [1.165, 1.54) is 42.4 Å². The van der Waals surface area contributed by atoms with Crippen molar-refractivity contribution in [2.75, 3.05) is 0 Å². The molecule has 1 saturated carbocycles. The van der Waals surface area contributed by atoms with Crippen LogP contribution >= 0.6 is 0 Å². The van der Waals surface area contributed by atoms with Gasteiger partial charge in [-0.1, -0.05) is 36.5 Å². The zero-order valence-electron chi connectivity index (χ0n) is 11.9. The summed E-state index contributed by atoms with van der Waals surface area (Å²) < 4.78 is 0. The first-order valence-electron chi connectivity index (χ1n) is 7.05. The lowest BCUT2D eigenvalue weighted by atomic mass is 9.83. The van der Waals surface area contributed by atoms with Gasteiger partial charge >= 0.3 is 0 Å². The van der Waals surface area contributed by atoms with Crippen LogP contribution in [0.5, 0.6) is 0 Å². The van der Waals surface area contributed by atoms with Gasteiger partial charge in [0.15, 0.2) is 0 Å². The van der Waals surface area contributed by atoms with Crippen molar-refractivity contribution in [3.63, 3.8) is 0 Å². The fraction of sp³-hybridized carbons (Fsp3) is 0.444. The molecule has 0 aromatic rings. The summed E-state index contributed by atoms with van der Waals surface area (Å²) in [4.78, 5) is 0. The van der Waals surface area contributed by atoms with Crippen molar-refractivity contribution in [2.24, 2.45) is 5.92 Å². The summed E-state index contributed by atoms with van der Waals surface area (Å²) in [7, 11) is 0. The fourth-order valence-corrected chi connectivity index (χ4v) is 2.88. The summed E-state index contributed by atoms with van der Waals surface area (Å²) in [5.74, 6) is 0.828. The van der Waals surface area contributed by atoms with Gasteiger partial charge in [-0.25, -0.2) is 0 Å². The Morgan fingerprint density at radius 3 is 2.67 bits per heavy atom. The molecular weight excluding hydrogens is 216 g/mol. The molecule has 0 aromatic heterocycles. The Labute approximate surface area is 111 Å². The van der Waals surface area contributed by atoms with Gasteiger partial charge in [0.25, 0.3) is 0 Å². The maximum atomic E-state index is 3.93. The van der Waals surface area contributed by atoms with Gasteiger partial charge in [0.05, 0.1) is 0 Å². The van der Waals surface area contributed by atoms with Crippen molar-refractivity contribution in [2.45, 2.75) is 46.5 Å². The van der Waals surface area contributed by atoms with E-state index in [1.807, 2.05) is 6.08 Å². The molecule has 0 amide bonds. The van der Waals surface area contributed by atoms with Crippen LogP contribution in [0.2, 0.25) is 0 Å². The van der Waals surface area contributed by atoms with E-state index in [0.29, 0.717) is 0 Å². The second-order valence-electron chi connectivity index (χ2n) is 5.39. The standard InChI is InChI=1S/C18H24/c1-5-8-16(13(3)6-2)17-10-7-9-14(4)18(17)15-11-12-15/h5-6,8-9,15H,2,7,10-12H2,1,3-4H3/b8-5-,16-13+. The quantitative estimate of drug-likeness (QED) is 0.568. The van der Waals surface area contributed by atoms with E-state index in [2.05, 4.69) is 45.6 Å². The third-order valence-corrected chi connectivity index (χ3v) is 3.97. The molecule has 0 nitrogen and oxygen atoms in total. The van der Waals surface area contributed by atoms with Gasteiger partial charge in [0.1, 0.15) is 0 Å². The molecule has 96 valence electrons. The van der Waals surface area contributed by atoms with Crippen LogP contribution in [0.4, 0.5) is 0 Å². The van der Waals surface area contributed by atoms with Gasteiger partial charge in [0.2, 0.25) is 0 Å². The summed E-state index contributed by atoms with van der Waals surface area (Å²) >= 11 is 0. The molecule has 0 bridgehead atoms. The van der Waals surface area contributed by atoms with Crippen LogP contribution in [0.3, 0.4) is 0 Å². The van der Waals surface area contributed by atoms with Gasteiger partial charge in [0, 0.05) is 0 Å². The fourth-order valence-electron chi connectivity index (χ4n) is 2.88. The molecular formula is C18H24. The second-order valence-corrected chi connectivity index (χ2v) is 5.39. The molecule has 2 aliphatic rings. The minimum atomic E-state index is 0.828. The first kappa shape index (κ1) is 13.1. The minimum Gasteiger partial charge on any atom is -0.0988 e. The Balaban J connectivity index is 2.53. The highest BCUT2D eigenvalue weighted by Crippen LogP contribution is 2.46. The molecule has 0 aromatic carbocycles. The van der Waals surface area contributed by atoms with Crippen LogP contribution in [-0.4, -0.2) is 0 Å². The third-order valence-electron chi connectivity index (χ3n) is 3.97. The molecule has 0 aliphatic heterocycles. The van der Waals surface area contributed by atoms with E-state index in [0.717, 1.165) is 5.92 Å². The molecule has 0 radical (unpaired) electrons. The molecule has 0 atom stereocenters. The van der Waals surface area contributed by atoms with E-state index in [-0.39, 0.29) is 0 Å². The summed E-state index contributed by atoms with van der Waals surface area (Å²) in [6, 6.07) is 0. The zero-order chi connectivity index (χ0) is 13.1. The van der Waals surface area contributed by atoms with Gasteiger partial charge < -0.3 is 0 Å². The Bertz CT molecular complexity index is 462. The summed E-state index contributed by atoms with van der Waals surface area (Å²) in [5.41, 5.74) is 7.43. The lowest BCUT2D eigenvalue weighted by Gasteiger charge is -2.22. The van der Waals surface area contributed by atoms with Gasteiger partial charge in [-0.3, -0.25) is 0 Å². The van der Waals surface area contributed by atoms with E-state index < -0.39 is 0 Å². The maximum absolute atomic E-state index is 3.93. The predicted octanol–water partition coefficient (Wildman–Crippen LogP) is 5.51. The first-order valence-corrected chi connectivity index (χ1v) is 7.05.